The lowest BCUT2D eigenvalue weighted by atomic mass is 9.91. The van der Waals surface area contributed by atoms with Gasteiger partial charge in [-0.1, -0.05) is 61.4 Å². The second-order valence-corrected chi connectivity index (χ2v) is 10.0. The van der Waals surface area contributed by atoms with Crippen molar-refractivity contribution in [2.75, 3.05) is 7.11 Å². The molecule has 3 aromatic rings. The van der Waals surface area contributed by atoms with Crippen LogP contribution in [0, 0.1) is 5.82 Å². The highest BCUT2D eigenvalue weighted by Crippen LogP contribution is 2.40. The van der Waals surface area contributed by atoms with E-state index in [0.29, 0.717) is 22.6 Å². The van der Waals surface area contributed by atoms with Crippen LogP contribution in [-0.4, -0.2) is 41.1 Å². The first-order valence-electron chi connectivity index (χ1n) is 13.2. The van der Waals surface area contributed by atoms with Crippen LogP contribution in [-0.2, 0) is 33.9 Å². The molecule has 5 rings (SSSR count). The van der Waals surface area contributed by atoms with Gasteiger partial charge in [0.1, 0.15) is 18.5 Å². The van der Waals surface area contributed by atoms with Gasteiger partial charge >= 0.3 is 5.97 Å². The number of nitrogens with zero attached hydrogens (tertiary/aromatic N) is 1. The van der Waals surface area contributed by atoms with Crippen molar-refractivity contribution >= 4 is 11.9 Å². The summed E-state index contributed by atoms with van der Waals surface area (Å²) in [4.78, 5) is 27.9. The quantitative estimate of drug-likeness (QED) is 0.394. The number of carbonyl (C=O) groups excluding carboxylic acids is 1. The van der Waals surface area contributed by atoms with E-state index < -0.39 is 18.1 Å². The smallest absolute Gasteiger partial charge is 0.326 e. The molecule has 0 radical (unpaired) electrons. The minimum atomic E-state index is -1.11. The number of aliphatic carboxylic acids is 1. The van der Waals surface area contributed by atoms with Crippen molar-refractivity contribution in [3.8, 4) is 11.5 Å². The first-order valence-corrected chi connectivity index (χ1v) is 13.2. The predicted molar refractivity (Wildman–Crippen MR) is 142 cm³/mol. The molecule has 1 aliphatic heterocycles. The number of hydrogen-bond donors (Lipinski definition) is 1. The maximum Gasteiger partial charge on any atom is 0.326 e. The Morgan fingerprint density at radius 2 is 1.74 bits per heavy atom. The summed E-state index contributed by atoms with van der Waals surface area (Å²) in [6, 6.07) is 17.7. The number of fused-ring (bicyclic) bond motifs is 1. The topological polar surface area (TPSA) is 85.3 Å². The van der Waals surface area contributed by atoms with Gasteiger partial charge in [0, 0.05) is 18.5 Å². The Hall–Kier alpha value is -3.91. The van der Waals surface area contributed by atoms with Gasteiger partial charge in [-0.25, -0.2) is 9.18 Å². The lowest BCUT2D eigenvalue weighted by Crippen LogP contribution is -2.50. The van der Waals surface area contributed by atoms with Gasteiger partial charge in [0.2, 0.25) is 0 Å². The van der Waals surface area contributed by atoms with Crippen LogP contribution in [0.2, 0.25) is 0 Å². The Bertz CT molecular complexity index is 1310. The zero-order chi connectivity index (χ0) is 27.4. The molecule has 1 amide bonds. The van der Waals surface area contributed by atoms with Crippen molar-refractivity contribution in [2.45, 2.75) is 63.5 Å². The van der Waals surface area contributed by atoms with Crippen molar-refractivity contribution in [1.82, 2.24) is 4.90 Å². The van der Waals surface area contributed by atoms with Crippen molar-refractivity contribution in [1.29, 1.82) is 0 Å². The third-order valence-electron chi connectivity index (χ3n) is 7.48. The van der Waals surface area contributed by atoms with E-state index in [9.17, 15) is 19.1 Å². The average Bonchev–Trinajstić information content (AvgIpc) is 3.48. The monoisotopic (exact) mass is 533 g/mol. The standard InChI is InChI=1S/C31H32FNO6/c1-37-27-16-13-22-18-33(30(34)28(21-7-3-2-4-8-21)39-24-9-5-6-10-24)26(31(35)36)17-25(22)29(27)38-19-20-11-14-23(32)15-12-20/h2-4,7-8,11-16,24,26,28H,5-6,9-10,17-19H2,1H3,(H,35,36)/t26-,28?/m1/s1. The Balaban J connectivity index is 1.45. The molecule has 39 heavy (non-hydrogen) atoms. The predicted octanol–water partition coefficient (Wildman–Crippen LogP) is 5.45. The van der Waals surface area contributed by atoms with E-state index in [-0.39, 0.29) is 37.4 Å². The highest BCUT2D eigenvalue weighted by atomic mass is 19.1. The molecular formula is C31H32FNO6. The van der Waals surface area contributed by atoms with Gasteiger partial charge in [-0.2, -0.15) is 0 Å². The summed E-state index contributed by atoms with van der Waals surface area (Å²) in [5, 5.41) is 10.2. The normalized spacial score (nSPS) is 17.9. The van der Waals surface area contributed by atoms with E-state index in [2.05, 4.69) is 0 Å². The third-order valence-corrected chi connectivity index (χ3v) is 7.48. The van der Waals surface area contributed by atoms with Crippen LogP contribution in [0.15, 0.2) is 66.7 Å². The van der Waals surface area contributed by atoms with Gasteiger partial charge < -0.3 is 24.2 Å². The van der Waals surface area contributed by atoms with E-state index >= 15 is 0 Å². The van der Waals surface area contributed by atoms with Crippen LogP contribution in [0.4, 0.5) is 4.39 Å². The highest BCUT2D eigenvalue weighted by molar-refractivity contribution is 5.88. The molecule has 0 saturated heterocycles. The summed E-state index contributed by atoms with van der Waals surface area (Å²) in [5.74, 6) is -0.913. The number of carboxylic acid groups (broad SMARTS) is 1. The first kappa shape index (κ1) is 26.7. The zero-order valence-electron chi connectivity index (χ0n) is 21.8. The van der Waals surface area contributed by atoms with Crippen molar-refractivity contribution in [2.24, 2.45) is 0 Å². The van der Waals surface area contributed by atoms with Gasteiger partial charge in [0.05, 0.1) is 13.2 Å². The molecule has 2 atom stereocenters. The molecule has 2 aliphatic rings. The third kappa shape index (κ3) is 5.91. The summed E-state index contributed by atoms with van der Waals surface area (Å²) < 4.78 is 31.3. The van der Waals surface area contributed by atoms with Crippen LogP contribution in [0.25, 0.3) is 0 Å². The second kappa shape index (κ2) is 11.9. The molecule has 1 N–H and O–H groups in total. The highest BCUT2D eigenvalue weighted by Gasteiger charge is 2.41. The number of carbonyl (C=O) groups is 2. The summed E-state index contributed by atoms with van der Waals surface area (Å²) >= 11 is 0. The van der Waals surface area contributed by atoms with Crippen LogP contribution >= 0.6 is 0 Å². The van der Waals surface area contributed by atoms with Gasteiger partial charge in [-0.05, 0) is 47.7 Å². The largest absolute Gasteiger partial charge is 0.493 e. The molecule has 204 valence electrons. The molecule has 0 spiro atoms. The Morgan fingerprint density at radius 3 is 2.41 bits per heavy atom. The fraction of sp³-hybridized carbons (Fsp3) is 0.355. The van der Waals surface area contributed by atoms with Gasteiger partial charge in [0.25, 0.3) is 5.91 Å². The fourth-order valence-corrected chi connectivity index (χ4v) is 5.40. The maximum atomic E-state index is 14.0. The van der Waals surface area contributed by atoms with Crippen LogP contribution in [0.1, 0.15) is 54.0 Å². The number of rotatable bonds is 9. The van der Waals surface area contributed by atoms with E-state index in [0.717, 1.165) is 36.8 Å². The summed E-state index contributed by atoms with van der Waals surface area (Å²) in [7, 11) is 1.52. The van der Waals surface area contributed by atoms with E-state index in [1.807, 2.05) is 36.4 Å². The molecule has 1 aliphatic carbocycles. The number of benzene rings is 3. The van der Waals surface area contributed by atoms with Gasteiger partial charge in [-0.15, -0.1) is 0 Å². The Morgan fingerprint density at radius 1 is 1.03 bits per heavy atom. The summed E-state index contributed by atoms with van der Waals surface area (Å²) in [6.45, 7) is 0.248. The van der Waals surface area contributed by atoms with Crippen LogP contribution in [0.5, 0.6) is 11.5 Å². The van der Waals surface area contributed by atoms with Crippen molar-refractivity contribution in [3.05, 3.63) is 94.8 Å². The Labute approximate surface area is 227 Å². The number of halogens is 1. The number of amides is 1. The molecule has 0 bridgehead atoms. The number of methoxy groups -OCH3 is 1. The van der Waals surface area contributed by atoms with Crippen LogP contribution < -0.4 is 9.47 Å². The zero-order valence-corrected chi connectivity index (χ0v) is 21.8. The SMILES string of the molecule is COc1ccc2c(c1OCc1ccc(F)cc1)C[C@H](C(=O)O)N(C(=O)C(OC1CCCC1)c1ccccc1)C2. The minimum absolute atomic E-state index is 0.0322. The molecule has 1 heterocycles. The molecule has 1 unspecified atom stereocenters. The minimum Gasteiger partial charge on any atom is -0.493 e. The molecular weight excluding hydrogens is 501 g/mol. The van der Waals surface area contributed by atoms with E-state index in [4.69, 9.17) is 14.2 Å². The number of hydrogen-bond acceptors (Lipinski definition) is 5. The van der Waals surface area contributed by atoms with E-state index in [1.54, 1.807) is 18.2 Å². The molecule has 8 heteroatoms. The number of carboxylic acids is 1. The fourth-order valence-electron chi connectivity index (χ4n) is 5.40. The molecule has 1 saturated carbocycles. The van der Waals surface area contributed by atoms with Crippen molar-refractivity contribution in [3.63, 3.8) is 0 Å². The van der Waals surface area contributed by atoms with Crippen LogP contribution in [0.3, 0.4) is 0 Å². The lowest BCUT2D eigenvalue weighted by molar-refractivity contribution is -0.160. The second-order valence-electron chi connectivity index (χ2n) is 10.0. The number of ether oxygens (including phenoxy) is 3. The Kier molecular flexibility index (Phi) is 8.12. The molecule has 7 nitrogen and oxygen atoms in total. The van der Waals surface area contributed by atoms with Crippen molar-refractivity contribution < 1.29 is 33.3 Å². The maximum absolute atomic E-state index is 14.0. The average molecular weight is 534 g/mol. The van der Waals surface area contributed by atoms with Gasteiger partial charge in [-0.3, -0.25) is 4.79 Å². The lowest BCUT2D eigenvalue weighted by Gasteiger charge is -2.37. The summed E-state index contributed by atoms with van der Waals surface area (Å²) in [6.07, 6.45) is 3.01. The first-order chi connectivity index (χ1) is 18.9. The molecule has 3 aromatic carbocycles. The molecule has 1 fully saturated rings. The summed E-state index contributed by atoms with van der Waals surface area (Å²) in [5.41, 5.74) is 2.93. The molecule has 0 aromatic heterocycles. The van der Waals surface area contributed by atoms with E-state index in [1.165, 1.54) is 24.1 Å². The van der Waals surface area contributed by atoms with Gasteiger partial charge in [0.15, 0.2) is 17.6 Å².